The molecule has 0 aliphatic rings. The molecule has 0 radical (unpaired) electrons. The molecular formula is C30H36N2O2. The van der Waals surface area contributed by atoms with E-state index in [2.05, 4.69) is 37.7 Å². The Hall–Kier alpha value is -3.40. The molecule has 0 unspecified atom stereocenters. The van der Waals surface area contributed by atoms with Crippen molar-refractivity contribution in [3.63, 3.8) is 0 Å². The Kier molecular flexibility index (Phi) is 8.27. The molecule has 0 aliphatic heterocycles. The van der Waals surface area contributed by atoms with Gasteiger partial charge in [-0.3, -0.25) is 9.98 Å². The lowest BCUT2D eigenvalue weighted by molar-refractivity contribution is 0.469. The highest BCUT2D eigenvalue weighted by molar-refractivity contribution is 5.88. The summed E-state index contributed by atoms with van der Waals surface area (Å²) in [6.45, 7) is 12.6. The van der Waals surface area contributed by atoms with E-state index in [0.717, 1.165) is 35.3 Å². The molecule has 4 nitrogen and oxygen atoms in total. The fraction of sp³-hybridized carbons (Fsp3) is 0.333. The third-order valence-electron chi connectivity index (χ3n) is 5.60. The normalized spacial score (nSPS) is 12.0. The van der Waals surface area contributed by atoms with Crippen molar-refractivity contribution in [1.82, 2.24) is 0 Å². The standard InChI is InChI=1S/C30H36N2O2/c1-19(2)10-23-12-21(5)29(33)25(14-23)17-31-27-8-7-9-28(16-27)32-18-26-15-24(11-20(3)4)13-22(6)30(26)34/h7-9,12-20,33-34H,10-11H2,1-6H3. The van der Waals surface area contributed by atoms with E-state index in [1.165, 1.54) is 11.1 Å². The van der Waals surface area contributed by atoms with E-state index < -0.39 is 0 Å². The minimum atomic E-state index is 0.262. The van der Waals surface area contributed by atoms with Crippen LogP contribution in [0, 0.1) is 25.7 Å². The van der Waals surface area contributed by atoms with Gasteiger partial charge in [-0.2, -0.15) is 0 Å². The zero-order valence-corrected chi connectivity index (χ0v) is 21.1. The molecule has 4 heteroatoms. The highest BCUT2D eigenvalue weighted by Gasteiger charge is 2.08. The summed E-state index contributed by atoms with van der Waals surface area (Å²) < 4.78 is 0. The van der Waals surface area contributed by atoms with Crippen LogP contribution in [-0.4, -0.2) is 22.6 Å². The van der Waals surface area contributed by atoms with Crippen LogP contribution >= 0.6 is 0 Å². The number of hydrogen-bond donors (Lipinski definition) is 2. The second-order valence-electron chi connectivity index (χ2n) is 9.93. The first kappa shape index (κ1) is 25.2. The summed E-state index contributed by atoms with van der Waals surface area (Å²) in [5.41, 5.74) is 7.02. The average Bonchev–Trinajstić information content (AvgIpc) is 2.76. The number of aromatic hydroxyl groups is 2. The van der Waals surface area contributed by atoms with E-state index in [4.69, 9.17) is 0 Å². The van der Waals surface area contributed by atoms with Gasteiger partial charge in [0, 0.05) is 23.6 Å². The molecule has 0 aromatic heterocycles. The summed E-state index contributed by atoms with van der Waals surface area (Å²) in [7, 11) is 0. The van der Waals surface area contributed by atoms with Crippen LogP contribution in [0.25, 0.3) is 0 Å². The third-order valence-corrected chi connectivity index (χ3v) is 5.60. The number of rotatable bonds is 8. The zero-order valence-electron chi connectivity index (χ0n) is 21.1. The lowest BCUT2D eigenvalue weighted by atomic mass is 9.98. The maximum Gasteiger partial charge on any atom is 0.127 e. The Bertz CT molecular complexity index is 1120. The van der Waals surface area contributed by atoms with Gasteiger partial charge in [-0.1, -0.05) is 45.9 Å². The predicted molar refractivity (Wildman–Crippen MR) is 144 cm³/mol. The minimum Gasteiger partial charge on any atom is -0.507 e. The molecule has 0 spiro atoms. The Morgan fingerprint density at radius 3 is 1.47 bits per heavy atom. The molecule has 3 rings (SSSR count). The number of phenolic OH excluding ortho intramolecular Hbond substituents is 2. The van der Waals surface area contributed by atoms with Gasteiger partial charge < -0.3 is 10.2 Å². The molecule has 0 saturated heterocycles. The first-order valence-electron chi connectivity index (χ1n) is 12.0. The molecule has 34 heavy (non-hydrogen) atoms. The van der Waals surface area contributed by atoms with Gasteiger partial charge in [0.15, 0.2) is 0 Å². The molecule has 0 aliphatic carbocycles. The smallest absolute Gasteiger partial charge is 0.127 e. The molecule has 3 aromatic carbocycles. The summed E-state index contributed by atoms with van der Waals surface area (Å²) >= 11 is 0. The number of nitrogens with zero attached hydrogens (tertiary/aromatic N) is 2. The molecule has 178 valence electrons. The first-order valence-corrected chi connectivity index (χ1v) is 12.0. The maximum absolute atomic E-state index is 10.5. The van der Waals surface area contributed by atoms with Crippen molar-refractivity contribution in [3.05, 3.63) is 81.9 Å². The van der Waals surface area contributed by atoms with Gasteiger partial charge in [0.2, 0.25) is 0 Å². The van der Waals surface area contributed by atoms with Crippen LogP contribution < -0.4 is 0 Å². The van der Waals surface area contributed by atoms with Gasteiger partial charge >= 0.3 is 0 Å². The molecule has 0 heterocycles. The summed E-state index contributed by atoms with van der Waals surface area (Å²) in [6, 6.07) is 15.7. The largest absolute Gasteiger partial charge is 0.507 e. The molecule has 0 atom stereocenters. The van der Waals surface area contributed by atoms with Crippen LogP contribution in [0.1, 0.15) is 61.1 Å². The summed E-state index contributed by atoms with van der Waals surface area (Å²) in [4.78, 5) is 9.17. The molecule has 2 N–H and O–H groups in total. The van der Waals surface area contributed by atoms with E-state index in [9.17, 15) is 10.2 Å². The lowest BCUT2D eigenvalue weighted by Gasteiger charge is -2.10. The van der Waals surface area contributed by atoms with Crippen molar-refractivity contribution < 1.29 is 10.2 Å². The van der Waals surface area contributed by atoms with Crippen LogP contribution in [-0.2, 0) is 12.8 Å². The van der Waals surface area contributed by atoms with Crippen LogP contribution in [0.2, 0.25) is 0 Å². The highest BCUT2D eigenvalue weighted by atomic mass is 16.3. The Morgan fingerprint density at radius 2 is 1.09 bits per heavy atom. The summed E-state index contributed by atoms with van der Waals surface area (Å²) in [5.74, 6) is 1.60. The number of aryl methyl sites for hydroxylation is 2. The Morgan fingerprint density at radius 1 is 0.676 bits per heavy atom. The fourth-order valence-electron chi connectivity index (χ4n) is 4.08. The zero-order chi connectivity index (χ0) is 24.8. The van der Waals surface area contributed by atoms with Gasteiger partial charge in [0.1, 0.15) is 11.5 Å². The van der Waals surface area contributed by atoms with Crippen LogP contribution in [0.4, 0.5) is 11.4 Å². The molecule has 0 amide bonds. The lowest BCUT2D eigenvalue weighted by Crippen LogP contribution is -1.97. The van der Waals surface area contributed by atoms with Gasteiger partial charge in [0.05, 0.1) is 11.4 Å². The van der Waals surface area contributed by atoms with Gasteiger partial charge in [-0.05, 0) is 91.1 Å². The van der Waals surface area contributed by atoms with Gasteiger partial charge in [-0.15, -0.1) is 0 Å². The van der Waals surface area contributed by atoms with E-state index in [-0.39, 0.29) is 11.5 Å². The fourth-order valence-corrected chi connectivity index (χ4v) is 4.08. The van der Waals surface area contributed by atoms with E-state index in [0.29, 0.717) is 23.0 Å². The topological polar surface area (TPSA) is 65.2 Å². The number of benzene rings is 3. The quantitative estimate of drug-likeness (QED) is 0.343. The predicted octanol–water partition coefficient (Wildman–Crippen LogP) is 7.61. The van der Waals surface area contributed by atoms with Gasteiger partial charge in [0.25, 0.3) is 0 Å². The highest BCUT2D eigenvalue weighted by Crippen LogP contribution is 2.27. The molecule has 3 aromatic rings. The van der Waals surface area contributed by atoms with Gasteiger partial charge in [-0.25, -0.2) is 0 Å². The molecule has 0 fully saturated rings. The minimum absolute atomic E-state index is 0.262. The number of phenols is 2. The van der Waals surface area contributed by atoms with Crippen molar-refractivity contribution in [2.24, 2.45) is 21.8 Å². The molecule has 0 bridgehead atoms. The summed E-state index contributed by atoms with van der Waals surface area (Å²) in [6.07, 6.45) is 5.33. The van der Waals surface area contributed by atoms with E-state index in [1.54, 1.807) is 12.4 Å². The second kappa shape index (κ2) is 11.1. The van der Waals surface area contributed by atoms with Crippen molar-refractivity contribution in [3.8, 4) is 11.5 Å². The maximum atomic E-state index is 10.5. The first-order chi connectivity index (χ1) is 16.1. The molecule has 0 saturated carbocycles. The van der Waals surface area contributed by atoms with E-state index in [1.807, 2.05) is 62.4 Å². The van der Waals surface area contributed by atoms with Crippen LogP contribution in [0.3, 0.4) is 0 Å². The monoisotopic (exact) mass is 456 g/mol. The van der Waals surface area contributed by atoms with Crippen LogP contribution in [0.5, 0.6) is 11.5 Å². The van der Waals surface area contributed by atoms with Crippen molar-refractivity contribution in [2.75, 3.05) is 0 Å². The van der Waals surface area contributed by atoms with E-state index >= 15 is 0 Å². The SMILES string of the molecule is Cc1cc(CC(C)C)cc(C=Nc2cccc(N=Cc3cc(CC(C)C)cc(C)c3O)c2)c1O. The Labute approximate surface area is 203 Å². The summed E-state index contributed by atoms with van der Waals surface area (Å²) in [5, 5.41) is 21.0. The Balaban J connectivity index is 1.84. The average molecular weight is 457 g/mol. The third kappa shape index (κ3) is 6.80. The van der Waals surface area contributed by atoms with Crippen molar-refractivity contribution >= 4 is 23.8 Å². The second-order valence-corrected chi connectivity index (χ2v) is 9.93. The van der Waals surface area contributed by atoms with Crippen molar-refractivity contribution in [1.29, 1.82) is 0 Å². The number of hydrogen-bond acceptors (Lipinski definition) is 4. The van der Waals surface area contributed by atoms with Crippen molar-refractivity contribution in [2.45, 2.75) is 54.4 Å². The number of aliphatic imine (C=N–C) groups is 2. The van der Waals surface area contributed by atoms with Crippen LogP contribution in [0.15, 0.2) is 58.5 Å². The molecular weight excluding hydrogens is 420 g/mol.